The van der Waals surface area contributed by atoms with Gasteiger partial charge in [-0.2, -0.15) is 0 Å². The van der Waals surface area contributed by atoms with E-state index in [2.05, 4.69) is 17.5 Å². The molecule has 0 spiro atoms. The lowest BCUT2D eigenvalue weighted by Gasteiger charge is -2.06. The van der Waals surface area contributed by atoms with Gasteiger partial charge >= 0.3 is 0 Å². The first kappa shape index (κ1) is 8.31. The largest absolute Gasteiger partial charge is 0.149 e. The zero-order chi connectivity index (χ0) is 8.23. The average molecular weight is 180 g/mol. The van der Waals surface area contributed by atoms with Crippen LogP contribution in [0, 0.1) is 5.92 Å². The molecule has 0 atom stereocenters. The molecule has 1 aliphatic rings. The molecule has 0 aliphatic heterocycles. The van der Waals surface area contributed by atoms with Crippen LogP contribution in [0.25, 0.3) is 0 Å². The molecule has 1 heteroatoms. The Morgan fingerprint density at radius 1 is 1.33 bits per heavy atom. The third kappa shape index (κ3) is 2.10. The molecule has 0 radical (unpaired) electrons. The monoisotopic (exact) mass is 180 g/mol. The molecule has 0 N–H and O–H groups in total. The van der Waals surface area contributed by atoms with Crippen molar-refractivity contribution in [2.45, 2.75) is 38.5 Å². The van der Waals surface area contributed by atoms with Crippen molar-refractivity contribution in [3.8, 4) is 0 Å². The van der Waals surface area contributed by atoms with E-state index in [1.165, 1.54) is 38.5 Å². The maximum atomic E-state index is 2.26. The average Bonchev–Trinajstić information content (AvgIpc) is 2.74. The number of thiophene rings is 1. The van der Waals surface area contributed by atoms with Crippen LogP contribution in [0.3, 0.4) is 0 Å². The number of hydrogen-bond donors (Lipinski definition) is 0. The first-order chi connectivity index (χ1) is 5.95. The van der Waals surface area contributed by atoms with Crippen molar-refractivity contribution in [3.05, 3.63) is 22.4 Å². The smallest absolute Gasteiger partial charge is 0.00453 e. The quantitative estimate of drug-likeness (QED) is 0.662. The molecule has 0 unspecified atom stereocenters. The summed E-state index contributed by atoms with van der Waals surface area (Å²) in [6.45, 7) is 0. The Bertz CT molecular complexity index is 207. The Balaban J connectivity index is 1.74. The fourth-order valence-electron chi connectivity index (χ4n) is 2.10. The minimum absolute atomic E-state index is 1.05. The molecule has 2 rings (SSSR count). The second kappa shape index (κ2) is 4.08. The van der Waals surface area contributed by atoms with E-state index >= 15 is 0 Å². The van der Waals surface area contributed by atoms with Crippen molar-refractivity contribution in [1.82, 2.24) is 0 Å². The summed E-state index contributed by atoms with van der Waals surface area (Å²) in [5, 5.41) is 2.18. The van der Waals surface area contributed by atoms with E-state index in [-0.39, 0.29) is 0 Å². The molecular weight excluding hydrogens is 164 g/mol. The van der Waals surface area contributed by atoms with E-state index in [1.54, 1.807) is 4.88 Å². The molecular formula is C11H16S. The third-order valence-electron chi connectivity index (χ3n) is 2.85. The van der Waals surface area contributed by atoms with Crippen molar-refractivity contribution < 1.29 is 0 Å². The Morgan fingerprint density at radius 2 is 2.17 bits per heavy atom. The molecule has 12 heavy (non-hydrogen) atoms. The van der Waals surface area contributed by atoms with Gasteiger partial charge in [0.15, 0.2) is 0 Å². The summed E-state index contributed by atoms with van der Waals surface area (Å²) in [5.41, 5.74) is 0. The van der Waals surface area contributed by atoms with Crippen LogP contribution in [0.15, 0.2) is 17.5 Å². The van der Waals surface area contributed by atoms with Gasteiger partial charge in [0.05, 0.1) is 0 Å². The third-order valence-corrected chi connectivity index (χ3v) is 3.79. The normalized spacial score (nSPS) is 18.7. The number of rotatable bonds is 3. The molecule has 1 saturated carbocycles. The predicted molar refractivity (Wildman–Crippen MR) is 54.6 cm³/mol. The van der Waals surface area contributed by atoms with Gasteiger partial charge in [-0.05, 0) is 30.2 Å². The van der Waals surface area contributed by atoms with Crippen molar-refractivity contribution in [1.29, 1.82) is 0 Å². The molecule has 1 aromatic rings. The highest BCUT2D eigenvalue weighted by Gasteiger charge is 2.14. The lowest BCUT2D eigenvalue weighted by Crippen LogP contribution is -1.94. The minimum atomic E-state index is 1.05. The first-order valence-electron chi connectivity index (χ1n) is 4.97. The molecule has 0 aromatic carbocycles. The highest BCUT2D eigenvalue weighted by molar-refractivity contribution is 7.09. The van der Waals surface area contributed by atoms with Crippen molar-refractivity contribution >= 4 is 11.3 Å². The maximum Gasteiger partial charge on any atom is 0.00453 e. The maximum absolute atomic E-state index is 2.26. The van der Waals surface area contributed by atoms with Crippen LogP contribution in [0.1, 0.15) is 37.0 Å². The Kier molecular flexibility index (Phi) is 2.83. The lowest BCUT2D eigenvalue weighted by molar-refractivity contribution is 0.506. The van der Waals surface area contributed by atoms with Gasteiger partial charge in [-0.1, -0.05) is 31.7 Å². The molecule has 0 bridgehead atoms. The Hall–Kier alpha value is -0.300. The van der Waals surface area contributed by atoms with Gasteiger partial charge < -0.3 is 0 Å². The molecule has 66 valence electrons. The van der Waals surface area contributed by atoms with Crippen molar-refractivity contribution in [2.24, 2.45) is 5.92 Å². The molecule has 1 fully saturated rings. The van der Waals surface area contributed by atoms with Crippen LogP contribution in [-0.4, -0.2) is 0 Å². The summed E-state index contributed by atoms with van der Waals surface area (Å²) in [5.74, 6) is 1.05. The molecule has 1 aliphatic carbocycles. The summed E-state index contributed by atoms with van der Waals surface area (Å²) in [4.78, 5) is 1.57. The van der Waals surface area contributed by atoms with Gasteiger partial charge in [-0.3, -0.25) is 0 Å². The topological polar surface area (TPSA) is 0 Å². The minimum Gasteiger partial charge on any atom is -0.149 e. The number of hydrogen-bond acceptors (Lipinski definition) is 1. The van der Waals surface area contributed by atoms with Gasteiger partial charge in [0.2, 0.25) is 0 Å². The molecule has 1 heterocycles. The van der Waals surface area contributed by atoms with Gasteiger partial charge in [-0.25, -0.2) is 0 Å². The summed E-state index contributed by atoms with van der Waals surface area (Å²) in [7, 11) is 0. The van der Waals surface area contributed by atoms with Gasteiger partial charge in [0.25, 0.3) is 0 Å². The van der Waals surface area contributed by atoms with E-state index < -0.39 is 0 Å². The van der Waals surface area contributed by atoms with E-state index in [0.29, 0.717) is 0 Å². The SMILES string of the molecule is c1csc(CCC2CCCC2)c1. The molecule has 1 aromatic heterocycles. The van der Waals surface area contributed by atoms with Crippen LogP contribution in [-0.2, 0) is 6.42 Å². The van der Waals surface area contributed by atoms with Crippen LogP contribution in [0.4, 0.5) is 0 Å². The summed E-state index contributed by atoms with van der Waals surface area (Å²) in [6, 6.07) is 4.42. The zero-order valence-electron chi connectivity index (χ0n) is 7.46. The Morgan fingerprint density at radius 3 is 2.83 bits per heavy atom. The van der Waals surface area contributed by atoms with E-state index in [4.69, 9.17) is 0 Å². The van der Waals surface area contributed by atoms with Crippen LogP contribution < -0.4 is 0 Å². The highest BCUT2D eigenvalue weighted by Crippen LogP contribution is 2.29. The van der Waals surface area contributed by atoms with E-state index in [9.17, 15) is 0 Å². The summed E-state index contributed by atoms with van der Waals surface area (Å²) >= 11 is 1.91. The van der Waals surface area contributed by atoms with Gasteiger partial charge in [-0.15, -0.1) is 11.3 Å². The van der Waals surface area contributed by atoms with E-state index in [1.807, 2.05) is 11.3 Å². The van der Waals surface area contributed by atoms with E-state index in [0.717, 1.165) is 5.92 Å². The summed E-state index contributed by atoms with van der Waals surface area (Å²) < 4.78 is 0. The zero-order valence-corrected chi connectivity index (χ0v) is 8.28. The van der Waals surface area contributed by atoms with Crippen LogP contribution in [0.5, 0.6) is 0 Å². The van der Waals surface area contributed by atoms with Crippen LogP contribution >= 0.6 is 11.3 Å². The molecule has 0 amide bonds. The number of aryl methyl sites for hydroxylation is 1. The lowest BCUT2D eigenvalue weighted by atomic mass is 10.0. The molecule has 0 nitrogen and oxygen atoms in total. The second-order valence-electron chi connectivity index (χ2n) is 3.77. The highest BCUT2D eigenvalue weighted by atomic mass is 32.1. The predicted octanol–water partition coefficient (Wildman–Crippen LogP) is 3.87. The van der Waals surface area contributed by atoms with Crippen LogP contribution in [0.2, 0.25) is 0 Å². The fraction of sp³-hybridized carbons (Fsp3) is 0.636. The fourth-order valence-corrected chi connectivity index (χ4v) is 2.83. The Labute approximate surface area is 78.6 Å². The van der Waals surface area contributed by atoms with Gasteiger partial charge in [0.1, 0.15) is 0 Å². The van der Waals surface area contributed by atoms with Crippen molar-refractivity contribution in [3.63, 3.8) is 0 Å². The first-order valence-corrected chi connectivity index (χ1v) is 5.85. The standard InChI is InChI=1S/C11H16S/c1-2-5-10(4-1)7-8-11-6-3-9-12-11/h3,6,9-10H,1-2,4-5,7-8H2. The van der Waals surface area contributed by atoms with Gasteiger partial charge in [0, 0.05) is 4.88 Å². The second-order valence-corrected chi connectivity index (χ2v) is 4.80. The molecule has 0 saturated heterocycles. The van der Waals surface area contributed by atoms with Crippen molar-refractivity contribution in [2.75, 3.05) is 0 Å². The summed E-state index contributed by atoms with van der Waals surface area (Å²) in [6.07, 6.45) is 8.70.